The minimum absolute atomic E-state index is 0.139. The van der Waals surface area contributed by atoms with Crippen LogP contribution in [0, 0.1) is 0 Å². The van der Waals surface area contributed by atoms with Gasteiger partial charge in [-0.15, -0.1) is 0 Å². The summed E-state index contributed by atoms with van der Waals surface area (Å²) in [6, 6.07) is 8.42. The van der Waals surface area contributed by atoms with Crippen LogP contribution in [0.4, 0.5) is 0 Å². The highest BCUT2D eigenvalue weighted by atomic mass is 16.5. The van der Waals surface area contributed by atoms with Crippen LogP contribution in [0.15, 0.2) is 24.3 Å². The molecule has 1 aromatic rings. The third-order valence-corrected chi connectivity index (χ3v) is 3.32. The number of carbonyl (C=O) groups excluding carboxylic acids is 1. The predicted molar refractivity (Wildman–Crippen MR) is 78.1 cm³/mol. The summed E-state index contributed by atoms with van der Waals surface area (Å²) in [5.41, 5.74) is 2.52. The van der Waals surface area contributed by atoms with E-state index in [-0.39, 0.29) is 18.1 Å². The minimum Gasteiger partial charge on any atom is -0.465 e. The lowest BCUT2D eigenvalue weighted by atomic mass is 10.0. The number of carbonyl (C=O) groups is 1. The van der Waals surface area contributed by atoms with Gasteiger partial charge in [-0.2, -0.15) is 0 Å². The molecule has 2 atom stereocenters. The molecule has 0 aliphatic carbocycles. The number of benzene rings is 1. The van der Waals surface area contributed by atoms with E-state index in [0.29, 0.717) is 6.61 Å². The lowest BCUT2D eigenvalue weighted by Gasteiger charge is -2.21. The SMILES string of the molecule is CCOC(=O)C(CC)NC(C)c1ccc(CC)cc1. The molecule has 0 saturated heterocycles. The summed E-state index contributed by atoms with van der Waals surface area (Å²) >= 11 is 0. The van der Waals surface area contributed by atoms with Crippen molar-refractivity contribution < 1.29 is 9.53 Å². The van der Waals surface area contributed by atoms with Crippen molar-refractivity contribution in [2.45, 2.75) is 52.6 Å². The summed E-state index contributed by atoms with van der Waals surface area (Å²) in [7, 11) is 0. The van der Waals surface area contributed by atoms with Crippen LogP contribution in [-0.4, -0.2) is 18.6 Å². The van der Waals surface area contributed by atoms with Gasteiger partial charge in [0.2, 0.25) is 0 Å². The fraction of sp³-hybridized carbons (Fsp3) is 0.562. The number of ether oxygens (including phenoxy) is 1. The second kappa shape index (κ2) is 7.95. The monoisotopic (exact) mass is 263 g/mol. The lowest BCUT2D eigenvalue weighted by Crippen LogP contribution is -2.39. The van der Waals surface area contributed by atoms with E-state index in [1.807, 2.05) is 13.8 Å². The van der Waals surface area contributed by atoms with E-state index in [9.17, 15) is 4.79 Å². The summed E-state index contributed by atoms with van der Waals surface area (Å²) in [4.78, 5) is 11.8. The van der Waals surface area contributed by atoms with Crippen LogP contribution in [0.2, 0.25) is 0 Å². The van der Waals surface area contributed by atoms with Crippen LogP contribution >= 0.6 is 0 Å². The van der Waals surface area contributed by atoms with Crippen molar-refractivity contribution in [2.75, 3.05) is 6.61 Å². The Morgan fingerprint density at radius 3 is 2.32 bits per heavy atom. The Morgan fingerprint density at radius 1 is 1.21 bits per heavy atom. The predicted octanol–water partition coefficient (Wildman–Crippen LogP) is 3.24. The summed E-state index contributed by atoms with van der Waals surface area (Å²) < 4.78 is 5.07. The number of esters is 1. The second-order valence-corrected chi connectivity index (χ2v) is 4.70. The average Bonchev–Trinajstić information content (AvgIpc) is 2.44. The highest BCUT2D eigenvalue weighted by Crippen LogP contribution is 2.15. The number of nitrogens with one attached hydrogen (secondary N) is 1. The molecule has 0 aliphatic heterocycles. The molecule has 0 aliphatic rings. The van der Waals surface area contributed by atoms with Gasteiger partial charge in [0.25, 0.3) is 0 Å². The molecule has 0 radical (unpaired) electrons. The second-order valence-electron chi connectivity index (χ2n) is 4.70. The van der Waals surface area contributed by atoms with E-state index in [1.54, 1.807) is 0 Å². The molecule has 0 spiro atoms. The van der Waals surface area contributed by atoms with Crippen molar-refractivity contribution in [3.05, 3.63) is 35.4 Å². The third kappa shape index (κ3) is 4.67. The number of rotatable bonds is 7. The zero-order chi connectivity index (χ0) is 14.3. The number of aryl methyl sites for hydroxylation is 1. The summed E-state index contributed by atoms with van der Waals surface area (Å²) in [6.07, 6.45) is 1.78. The Balaban J connectivity index is 2.65. The molecule has 0 fully saturated rings. The fourth-order valence-electron chi connectivity index (χ4n) is 2.04. The van der Waals surface area contributed by atoms with Crippen LogP contribution in [0.1, 0.15) is 51.3 Å². The van der Waals surface area contributed by atoms with Crippen molar-refractivity contribution in [2.24, 2.45) is 0 Å². The molecule has 106 valence electrons. The van der Waals surface area contributed by atoms with Gasteiger partial charge in [0.1, 0.15) is 6.04 Å². The van der Waals surface area contributed by atoms with Crippen LogP contribution in [0.25, 0.3) is 0 Å². The van der Waals surface area contributed by atoms with E-state index in [0.717, 1.165) is 12.8 Å². The largest absolute Gasteiger partial charge is 0.465 e. The van der Waals surface area contributed by atoms with Gasteiger partial charge in [0.15, 0.2) is 0 Å². The van der Waals surface area contributed by atoms with Gasteiger partial charge in [-0.1, -0.05) is 38.1 Å². The van der Waals surface area contributed by atoms with Gasteiger partial charge >= 0.3 is 5.97 Å². The molecule has 0 amide bonds. The van der Waals surface area contributed by atoms with E-state index in [4.69, 9.17) is 4.74 Å². The fourth-order valence-corrected chi connectivity index (χ4v) is 2.04. The molecule has 19 heavy (non-hydrogen) atoms. The molecule has 3 heteroatoms. The molecule has 1 rings (SSSR count). The number of hydrogen-bond acceptors (Lipinski definition) is 3. The van der Waals surface area contributed by atoms with Crippen LogP contribution < -0.4 is 5.32 Å². The molecule has 1 aromatic carbocycles. The maximum absolute atomic E-state index is 11.8. The maximum Gasteiger partial charge on any atom is 0.323 e. The zero-order valence-corrected chi connectivity index (χ0v) is 12.4. The van der Waals surface area contributed by atoms with Crippen LogP contribution in [-0.2, 0) is 16.0 Å². The summed E-state index contributed by atoms with van der Waals surface area (Å²) in [5, 5.41) is 3.33. The summed E-state index contributed by atoms with van der Waals surface area (Å²) in [6.45, 7) is 8.46. The Morgan fingerprint density at radius 2 is 1.84 bits per heavy atom. The van der Waals surface area contributed by atoms with E-state index < -0.39 is 0 Å². The van der Waals surface area contributed by atoms with Crippen molar-refractivity contribution >= 4 is 5.97 Å². The normalized spacial score (nSPS) is 13.9. The zero-order valence-electron chi connectivity index (χ0n) is 12.4. The average molecular weight is 263 g/mol. The smallest absolute Gasteiger partial charge is 0.323 e. The number of hydrogen-bond donors (Lipinski definition) is 1. The topological polar surface area (TPSA) is 38.3 Å². The van der Waals surface area contributed by atoms with Crippen molar-refractivity contribution in [3.63, 3.8) is 0 Å². The quantitative estimate of drug-likeness (QED) is 0.767. The molecule has 0 aromatic heterocycles. The highest BCUT2D eigenvalue weighted by Gasteiger charge is 2.20. The van der Waals surface area contributed by atoms with Gasteiger partial charge in [-0.05, 0) is 37.8 Å². The standard InChI is InChI=1S/C16H25NO2/c1-5-13-8-10-14(11-9-13)12(4)17-15(6-2)16(18)19-7-3/h8-12,15,17H,5-7H2,1-4H3. The molecule has 1 N–H and O–H groups in total. The van der Waals surface area contributed by atoms with Gasteiger partial charge in [0, 0.05) is 6.04 Å². The molecular weight excluding hydrogens is 238 g/mol. The van der Waals surface area contributed by atoms with Gasteiger partial charge < -0.3 is 4.74 Å². The van der Waals surface area contributed by atoms with E-state index in [2.05, 4.69) is 43.4 Å². The third-order valence-electron chi connectivity index (χ3n) is 3.32. The Bertz CT molecular complexity index is 386. The van der Waals surface area contributed by atoms with Crippen LogP contribution in [0.3, 0.4) is 0 Å². The highest BCUT2D eigenvalue weighted by molar-refractivity contribution is 5.75. The molecule has 0 saturated carbocycles. The minimum atomic E-state index is -0.235. The van der Waals surface area contributed by atoms with Crippen molar-refractivity contribution in [1.29, 1.82) is 0 Å². The molecule has 0 bridgehead atoms. The van der Waals surface area contributed by atoms with Crippen molar-refractivity contribution in [1.82, 2.24) is 5.32 Å². The maximum atomic E-state index is 11.8. The lowest BCUT2D eigenvalue weighted by molar-refractivity contribution is -0.145. The molecular formula is C16H25NO2. The van der Waals surface area contributed by atoms with E-state index >= 15 is 0 Å². The first kappa shape index (κ1) is 15.7. The first-order valence-corrected chi connectivity index (χ1v) is 7.13. The molecule has 3 nitrogen and oxygen atoms in total. The van der Waals surface area contributed by atoms with Crippen molar-refractivity contribution in [3.8, 4) is 0 Å². The molecule has 0 heterocycles. The Hall–Kier alpha value is -1.35. The van der Waals surface area contributed by atoms with Gasteiger partial charge in [0.05, 0.1) is 6.61 Å². The van der Waals surface area contributed by atoms with Crippen LogP contribution in [0.5, 0.6) is 0 Å². The Kier molecular flexibility index (Phi) is 6.57. The summed E-state index contributed by atoms with van der Waals surface area (Å²) in [5.74, 6) is -0.165. The van der Waals surface area contributed by atoms with E-state index in [1.165, 1.54) is 11.1 Å². The Labute approximate surface area is 116 Å². The molecule has 2 unspecified atom stereocenters. The van der Waals surface area contributed by atoms with Gasteiger partial charge in [-0.3, -0.25) is 10.1 Å². The van der Waals surface area contributed by atoms with Gasteiger partial charge in [-0.25, -0.2) is 0 Å². The first-order chi connectivity index (χ1) is 9.12. The first-order valence-electron chi connectivity index (χ1n) is 7.13.